The lowest BCUT2D eigenvalue weighted by atomic mass is 9.98. The minimum atomic E-state index is -2.07. The molecule has 3 heterocycles. The third-order valence-corrected chi connectivity index (χ3v) is 9.33. The Labute approximate surface area is 316 Å². The molecule has 0 amide bonds. The molecule has 2 aliphatic heterocycles. The largest absolute Gasteiger partial charge is 0.507 e. The summed E-state index contributed by atoms with van der Waals surface area (Å²) in [6.07, 6.45) is -16.6. The molecule has 16 N–H and O–H groups in total. The van der Waals surface area contributed by atoms with Gasteiger partial charge in [0.05, 0.1) is 18.3 Å². The third kappa shape index (κ3) is 8.84. The second-order valence-electron chi connectivity index (χ2n) is 13.3. The van der Waals surface area contributed by atoms with Gasteiger partial charge in [0.25, 0.3) is 0 Å². The number of aliphatic hydroxyl groups is 6. The third-order valence-electron chi connectivity index (χ3n) is 9.33. The quantitative estimate of drug-likeness (QED) is 0.0333. The van der Waals surface area contributed by atoms with Gasteiger partial charge in [-0.1, -0.05) is 0 Å². The van der Waals surface area contributed by atoms with Crippen molar-refractivity contribution in [1.29, 1.82) is 0 Å². The number of aliphatic hydroxyl groups excluding tert-OH is 6. The fourth-order valence-electron chi connectivity index (χ4n) is 6.15. The van der Waals surface area contributed by atoms with Crippen molar-refractivity contribution < 1.29 is 84.3 Å². The van der Waals surface area contributed by atoms with E-state index in [2.05, 4.69) is 10.3 Å². The van der Waals surface area contributed by atoms with Crippen molar-refractivity contribution in [2.24, 2.45) is 16.5 Å². The van der Waals surface area contributed by atoms with Crippen molar-refractivity contribution in [2.75, 3.05) is 13.2 Å². The van der Waals surface area contributed by atoms with Gasteiger partial charge in [-0.3, -0.25) is 14.6 Å². The van der Waals surface area contributed by atoms with Crippen molar-refractivity contribution in [2.45, 2.75) is 93.8 Å². The Morgan fingerprint density at radius 1 is 0.875 bits per heavy atom. The van der Waals surface area contributed by atoms with Crippen LogP contribution in [0, 0.1) is 0 Å². The Bertz CT molecular complexity index is 1970. The van der Waals surface area contributed by atoms with E-state index in [0.29, 0.717) is 0 Å². The van der Waals surface area contributed by atoms with Crippen LogP contribution in [0.25, 0.3) is 22.3 Å². The number of carboxylic acids is 1. The lowest BCUT2D eigenvalue weighted by molar-refractivity contribution is -0.318. The number of aromatic hydroxyl groups is 4. The molecule has 3 aromatic rings. The molecule has 0 saturated carbocycles. The number of nitrogens with two attached hydrogens (primary N) is 2. The molecule has 308 valence electrons. The number of phenolic OH excluding ortho intramolecular Hbond substituents is 4. The predicted molar refractivity (Wildman–Crippen MR) is 188 cm³/mol. The number of aliphatic carboxylic acids is 1. The molecule has 0 radical (unpaired) electrons. The van der Waals surface area contributed by atoms with Gasteiger partial charge in [-0.15, -0.1) is 0 Å². The summed E-state index contributed by atoms with van der Waals surface area (Å²) in [5.41, 5.74) is 8.64. The summed E-state index contributed by atoms with van der Waals surface area (Å²) in [6.45, 7) is 0.402. The van der Waals surface area contributed by atoms with Crippen LogP contribution in [0.3, 0.4) is 0 Å². The molecule has 56 heavy (non-hydrogen) atoms. The van der Waals surface area contributed by atoms with Crippen molar-refractivity contribution in [3.63, 3.8) is 0 Å². The maximum Gasteiger partial charge on any atom is 0.320 e. The molecule has 0 bridgehead atoms. The fraction of sp³-hybridized carbons (Fsp3) is 0.500. The van der Waals surface area contributed by atoms with Crippen molar-refractivity contribution >= 4 is 22.9 Å². The SMILES string of the molecule is C[C@@H]1O[C@H](OC[C@@H]2O[C@H](Oc3c(-c4ccc(O)c(O)c4)oc4c(CN[C@H](CCCN=C(N)N)C(=O)O)c(O)cc(O)c4c3=O)[C@H](O)[C@H](O)[C@H]2O)[C@H](O)[C@H](O)[C@@H]1O. The van der Waals surface area contributed by atoms with Crippen molar-refractivity contribution in [3.05, 3.63) is 40.1 Å². The Morgan fingerprint density at radius 3 is 2.21 bits per heavy atom. The Balaban J connectivity index is 1.51. The van der Waals surface area contributed by atoms with E-state index in [1.165, 1.54) is 13.0 Å². The number of hydrogen-bond acceptors (Lipinski definition) is 19. The Hall–Kier alpha value is -5.01. The molecule has 2 aliphatic rings. The molecule has 1 aromatic heterocycles. The first-order valence-corrected chi connectivity index (χ1v) is 17.2. The number of benzene rings is 2. The highest BCUT2D eigenvalue weighted by Crippen LogP contribution is 2.41. The van der Waals surface area contributed by atoms with E-state index in [1.807, 2.05) is 0 Å². The average molecular weight is 797 g/mol. The van der Waals surface area contributed by atoms with Crippen LogP contribution in [0.15, 0.2) is 38.5 Å². The molecule has 22 heteroatoms. The molecule has 2 saturated heterocycles. The number of fused-ring (bicyclic) bond motifs is 1. The first-order valence-electron chi connectivity index (χ1n) is 17.2. The standard InChI is InChI=1S/C34H44N4O18/c1-11-21(43)24(46)26(48)32(53-11)52-10-19-22(44)25(47)27(49)33(54-19)56-30-23(45)20-18(42)8-16(40)13(9-38-14(31(50)51)3-2-6-37-34(35)36)29(20)55-28(30)12-4-5-15(39)17(41)7-12/h4-5,7-8,11,14,19,21-22,24-27,32-33,38-44,46-49H,2-3,6,9-10H2,1H3,(H,50,51)(H4,35,36,37)/t11-,14+,19-,21+,22-,24+,25+,26+,27+,32-,33+/m0/s1. The topological polar surface area (TPSA) is 383 Å². The van der Waals surface area contributed by atoms with Gasteiger partial charge in [-0.25, -0.2) is 0 Å². The normalized spacial score (nSPS) is 28.5. The van der Waals surface area contributed by atoms with Crippen LogP contribution >= 0.6 is 0 Å². The van der Waals surface area contributed by atoms with E-state index in [1.54, 1.807) is 0 Å². The number of ether oxygens (including phenoxy) is 4. The van der Waals surface area contributed by atoms with Gasteiger partial charge in [0.15, 0.2) is 35.1 Å². The van der Waals surface area contributed by atoms with Gasteiger partial charge in [0.1, 0.15) is 65.7 Å². The fourth-order valence-corrected chi connectivity index (χ4v) is 6.15. The lowest BCUT2D eigenvalue weighted by Crippen LogP contribution is -2.61. The van der Waals surface area contributed by atoms with E-state index in [9.17, 15) is 65.8 Å². The van der Waals surface area contributed by atoms with Crippen LogP contribution in [-0.2, 0) is 25.5 Å². The summed E-state index contributed by atoms with van der Waals surface area (Å²) in [4.78, 5) is 30.1. The van der Waals surface area contributed by atoms with Gasteiger partial charge < -0.3 is 96.3 Å². The monoisotopic (exact) mass is 796 g/mol. The number of carbonyl (C=O) groups is 1. The van der Waals surface area contributed by atoms with Gasteiger partial charge in [0.2, 0.25) is 17.5 Å². The molecule has 2 aromatic carbocycles. The first-order chi connectivity index (χ1) is 26.4. The number of rotatable bonds is 14. The van der Waals surface area contributed by atoms with Gasteiger partial charge >= 0.3 is 5.97 Å². The summed E-state index contributed by atoms with van der Waals surface area (Å²) < 4.78 is 28.4. The van der Waals surface area contributed by atoms with Crippen LogP contribution in [0.2, 0.25) is 0 Å². The summed E-state index contributed by atoms with van der Waals surface area (Å²) in [5.74, 6) is -5.53. The Kier molecular flexibility index (Phi) is 13.1. The van der Waals surface area contributed by atoms with Gasteiger partial charge in [0, 0.05) is 24.7 Å². The molecule has 22 nitrogen and oxygen atoms in total. The maximum atomic E-state index is 14.3. The average Bonchev–Trinajstić information content (AvgIpc) is 3.14. The first kappa shape index (κ1) is 42.1. The van der Waals surface area contributed by atoms with E-state index in [4.69, 9.17) is 34.8 Å². The molecule has 2 fully saturated rings. The van der Waals surface area contributed by atoms with Crippen molar-refractivity contribution in [1.82, 2.24) is 5.32 Å². The summed E-state index contributed by atoms with van der Waals surface area (Å²) in [7, 11) is 0. The van der Waals surface area contributed by atoms with Gasteiger partial charge in [-0.05, 0) is 38.0 Å². The zero-order chi connectivity index (χ0) is 41.2. The summed E-state index contributed by atoms with van der Waals surface area (Å²) in [6, 6.07) is 2.74. The van der Waals surface area contributed by atoms with Gasteiger partial charge in [-0.2, -0.15) is 0 Å². The number of hydrogen-bond donors (Lipinski definition) is 14. The number of nitrogens with zero attached hydrogens (tertiary/aromatic N) is 1. The summed E-state index contributed by atoms with van der Waals surface area (Å²) in [5, 5.41) is 117. The highest BCUT2D eigenvalue weighted by molar-refractivity contribution is 5.91. The molecule has 11 atom stereocenters. The minimum absolute atomic E-state index is 0.0254. The number of carboxylic acid groups (broad SMARTS) is 1. The van der Waals surface area contributed by atoms with Crippen LogP contribution in [0.5, 0.6) is 28.7 Å². The zero-order valence-electron chi connectivity index (χ0n) is 29.6. The summed E-state index contributed by atoms with van der Waals surface area (Å²) >= 11 is 0. The van der Waals surface area contributed by atoms with E-state index in [-0.39, 0.29) is 36.5 Å². The smallest absolute Gasteiger partial charge is 0.320 e. The van der Waals surface area contributed by atoms with Crippen LogP contribution in [-0.4, -0.2) is 149 Å². The molecular formula is C34H44N4O18. The zero-order valence-corrected chi connectivity index (χ0v) is 29.6. The molecular weight excluding hydrogens is 752 g/mol. The predicted octanol–water partition coefficient (Wildman–Crippen LogP) is -3.09. The maximum absolute atomic E-state index is 14.3. The van der Waals surface area contributed by atoms with Crippen LogP contribution in [0.4, 0.5) is 0 Å². The number of nitrogens with one attached hydrogen (secondary N) is 1. The molecule has 0 unspecified atom stereocenters. The number of aliphatic imine (C=N–C) groups is 1. The Morgan fingerprint density at radius 2 is 1.55 bits per heavy atom. The van der Waals surface area contributed by atoms with Crippen LogP contribution in [0.1, 0.15) is 25.3 Å². The van der Waals surface area contributed by atoms with Crippen LogP contribution < -0.4 is 26.9 Å². The second kappa shape index (κ2) is 17.4. The second-order valence-corrected chi connectivity index (χ2v) is 13.3. The highest BCUT2D eigenvalue weighted by atomic mass is 16.7. The number of phenols is 4. The van der Waals surface area contributed by atoms with E-state index < -0.39 is 137 Å². The van der Waals surface area contributed by atoms with E-state index in [0.717, 1.165) is 18.2 Å². The minimum Gasteiger partial charge on any atom is -0.507 e. The number of guanidine groups is 1. The molecule has 5 rings (SSSR count). The molecule has 0 aliphatic carbocycles. The molecule has 0 spiro atoms. The highest BCUT2D eigenvalue weighted by Gasteiger charge is 2.48. The van der Waals surface area contributed by atoms with E-state index >= 15 is 0 Å². The lowest BCUT2D eigenvalue weighted by Gasteiger charge is -2.42. The van der Waals surface area contributed by atoms with Crippen molar-refractivity contribution in [3.8, 4) is 40.1 Å².